The second kappa shape index (κ2) is 9.45. The number of hydrogen-bond donors (Lipinski definition) is 0. The summed E-state index contributed by atoms with van der Waals surface area (Å²) in [5.41, 5.74) is 1.31. The zero-order valence-electron chi connectivity index (χ0n) is 17.4. The molecule has 3 aromatic rings. The van der Waals surface area contributed by atoms with E-state index in [0.717, 1.165) is 18.7 Å². The van der Waals surface area contributed by atoms with E-state index in [1.807, 2.05) is 12.3 Å². The van der Waals surface area contributed by atoms with Crippen molar-refractivity contribution < 1.29 is 0 Å². The SMILES string of the molecule is CN(CCc1ccccn1)C(P(c1ccccc1)c1ccccc1)C(C)(C)C. The molecule has 2 nitrogen and oxygen atoms in total. The van der Waals surface area contributed by atoms with Gasteiger partial charge in [-0.2, -0.15) is 0 Å². The normalized spacial score (nSPS) is 13.1. The van der Waals surface area contributed by atoms with Gasteiger partial charge in [0.05, 0.1) is 0 Å². The molecule has 0 radical (unpaired) electrons. The molecule has 0 N–H and O–H groups in total. The van der Waals surface area contributed by atoms with E-state index in [9.17, 15) is 0 Å². The lowest BCUT2D eigenvalue weighted by Gasteiger charge is -2.44. The minimum absolute atomic E-state index is 0.149. The van der Waals surface area contributed by atoms with Gasteiger partial charge >= 0.3 is 0 Å². The fourth-order valence-electron chi connectivity index (χ4n) is 3.81. The third kappa shape index (κ3) is 5.28. The lowest BCUT2D eigenvalue weighted by molar-refractivity contribution is 0.195. The summed E-state index contributed by atoms with van der Waals surface area (Å²) >= 11 is 0. The van der Waals surface area contributed by atoms with E-state index in [2.05, 4.69) is 110 Å². The van der Waals surface area contributed by atoms with Crippen LogP contribution in [0.1, 0.15) is 26.5 Å². The Hall–Kier alpha value is -2.02. The first-order chi connectivity index (χ1) is 13.5. The number of nitrogens with zero attached hydrogens (tertiary/aromatic N) is 2. The second-order valence-electron chi connectivity index (χ2n) is 8.33. The van der Waals surface area contributed by atoms with Crippen LogP contribution < -0.4 is 10.6 Å². The van der Waals surface area contributed by atoms with Gasteiger partial charge in [0.2, 0.25) is 0 Å². The van der Waals surface area contributed by atoms with Crippen LogP contribution in [0.3, 0.4) is 0 Å². The summed E-state index contributed by atoms with van der Waals surface area (Å²) in [5, 5.41) is 2.88. The van der Waals surface area contributed by atoms with Gasteiger partial charge in [-0.25, -0.2) is 0 Å². The van der Waals surface area contributed by atoms with Gasteiger partial charge in [-0.3, -0.25) is 9.88 Å². The Bertz CT molecular complexity index is 789. The summed E-state index contributed by atoms with van der Waals surface area (Å²) in [6.07, 6.45) is 2.86. The van der Waals surface area contributed by atoms with Crippen molar-refractivity contribution in [3.63, 3.8) is 0 Å². The third-order valence-electron chi connectivity index (χ3n) is 4.95. The van der Waals surface area contributed by atoms with Crippen molar-refractivity contribution in [3.05, 3.63) is 90.8 Å². The van der Waals surface area contributed by atoms with Crippen molar-refractivity contribution in [1.82, 2.24) is 9.88 Å². The van der Waals surface area contributed by atoms with Crippen LogP contribution in [0.2, 0.25) is 0 Å². The van der Waals surface area contributed by atoms with E-state index >= 15 is 0 Å². The second-order valence-corrected chi connectivity index (χ2v) is 10.6. The third-order valence-corrected chi connectivity index (χ3v) is 8.32. The molecule has 1 heterocycles. The van der Waals surface area contributed by atoms with Crippen molar-refractivity contribution in [2.45, 2.75) is 33.0 Å². The smallest absolute Gasteiger partial charge is 0.0423 e. The lowest BCUT2D eigenvalue weighted by Crippen LogP contribution is -2.45. The fourth-order valence-corrected chi connectivity index (χ4v) is 6.95. The monoisotopic (exact) mass is 390 g/mol. The standard InChI is InChI=1S/C25H31N2P/c1-25(2,3)24(27(4)20-18-21-13-11-12-19-26-21)28(22-14-7-5-8-15-22)23-16-9-6-10-17-23/h5-17,19,24H,18,20H2,1-4H3. The molecule has 0 aliphatic heterocycles. The molecule has 28 heavy (non-hydrogen) atoms. The summed E-state index contributed by atoms with van der Waals surface area (Å²) in [6, 6.07) is 28.3. The Morgan fingerprint density at radius 2 is 1.36 bits per heavy atom. The van der Waals surface area contributed by atoms with Crippen LogP contribution in [-0.4, -0.2) is 29.3 Å². The molecule has 0 aliphatic carbocycles. The van der Waals surface area contributed by atoms with E-state index in [4.69, 9.17) is 0 Å². The van der Waals surface area contributed by atoms with Gasteiger partial charge in [-0.15, -0.1) is 0 Å². The molecule has 2 aromatic carbocycles. The summed E-state index contributed by atoms with van der Waals surface area (Å²) in [7, 11) is 1.76. The highest BCUT2D eigenvalue weighted by Gasteiger charge is 2.36. The average Bonchev–Trinajstić information content (AvgIpc) is 2.71. The van der Waals surface area contributed by atoms with Crippen LogP contribution in [-0.2, 0) is 6.42 Å². The van der Waals surface area contributed by atoms with Crippen LogP contribution in [0.5, 0.6) is 0 Å². The van der Waals surface area contributed by atoms with Crippen molar-refractivity contribution >= 4 is 18.5 Å². The van der Waals surface area contributed by atoms with Crippen LogP contribution >= 0.6 is 7.92 Å². The van der Waals surface area contributed by atoms with Crippen LogP contribution in [0, 0.1) is 5.41 Å². The van der Waals surface area contributed by atoms with E-state index < -0.39 is 7.92 Å². The van der Waals surface area contributed by atoms with E-state index in [0.29, 0.717) is 5.78 Å². The number of aromatic nitrogens is 1. The Kier molecular flexibility index (Phi) is 6.99. The van der Waals surface area contributed by atoms with Gasteiger partial charge in [0.1, 0.15) is 0 Å². The molecule has 1 atom stereocenters. The highest BCUT2D eigenvalue weighted by atomic mass is 31.1. The molecule has 0 amide bonds. The number of benzene rings is 2. The van der Waals surface area contributed by atoms with Crippen LogP contribution in [0.15, 0.2) is 85.1 Å². The van der Waals surface area contributed by atoms with Gasteiger partial charge in [0.15, 0.2) is 0 Å². The summed E-state index contributed by atoms with van der Waals surface area (Å²) in [4.78, 5) is 7.07. The Morgan fingerprint density at radius 3 is 1.82 bits per heavy atom. The summed E-state index contributed by atoms with van der Waals surface area (Å²) in [6.45, 7) is 8.11. The molecule has 0 fully saturated rings. The first-order valence-electron chi connectivity index (χ1n) is 9.96. The minimum atomic E-state index is -0.517. The van der Waals surface area contributed by atoms with Gasteiger partial charge in [0.25, 0.3) is 0 Å². The van der Waals surface area contributed by atoms with Crippen molar-refractivity contribution in [2.75, 3.05) is 13.6 Å². The van der Waals surface area contributed by atoms with Crippen molar-refractivity contribution in [1.29, 1.82) is 0 Å². The van der Waals surface area contributed by atoms with Gasteiger partial charge < -0.3 is 0 Å². The largest absolute Gasteiger partial charge is 0.298 e. The maximum Gasteiger partial charge on any atom is 0.0423 e. The zero-order chi connectivity index (χ0) is 20.0. The predicted molar refractivity (Wildman–Crippen MR) is 123 cm³/mol. The number of hydrogen-bond acceptors (Lipinski definition) is 2. The Balaban J connectivity index is 1.94. The predicted octanol–water partition coefficient (Wildman–Crippen LogP) is 5.06. The lowest BCUT2D eigenvalue weighted by atomic mass is 9.95. The Labute approximate surface area is 171 Å². The molecule has 1 aromatic heterocycles. The molecule has 0 saturated heterocycles. The molecule has 3 rings (SSSR count). The minimum Gasteiger partial charge on any atom is -0.298 e. The molecular weight excluding hydrogens is 359 g/mol. The molecule has 1 unspecified atom stereocenters. The highest BCUT2D eigenvalue weighted by molar-refractivity contribution is 7.73. The fraction of sp³-hybridized carbons (Fsp3) is 0.320. The number of pyridine rings is 1. The molecule has 3 heteroatoms. The topological polar surface area (TPSA) is 16.1 Å². The number of likely N-dealkylation sites (N-methyl/N-ethyl adjacent to an activating group) is 1. The van der Waals surface area contributed by atoms with E-state index in [1.54, 1.807) is 0 Å². The van der Waals surface area contributed by atoms with Crippen molar-refractivity contribution in [3.8, 4) is 0 Å². The Morgan fingerprint density at radius 1 is 0.821 bits per heavy atom. The maximum atomic E-state index is 4.51. The highest BCUT2D eigenvalue weighted by Crippen LogP contribution is 2.48. The van der Waals surface area contributed by atoms with Crippen LogP contribution in [0.4, 0.5) is 0 Å². The number of rotatable bonds is 7. The molecule has 0 bridgehead atoms. The molecule has 0 spiro atoms. The first kappa shape index (κ1) is 20.7. The summed E-state index contributed by atoms with van der Waals surface area (Å²) in [5.74, 6) is 0.427. The van der Waals surface area contributed by atoms with Gasteiger partial charge in [0, 0.05) is 30.6 Å². The molecule has 146 valence electrons. The van der Waals surface area contributed by atoms with Gasteiger partial charge in [-0.1, -0.05) is 87.5 Å². The zero-order valence-corrected chi connectivity index (χ0v) is 18.3. The molecule has 0 saturated carbocycles. The summed E-state index contributed by atoms with van der Waals surface area (Å²) < 4.78 is 0. The van der Waals surface area contributed by atoms with E-state index in [-0.39, 0.29) is 5.41 Å². The van der Waals surface area contributed by atoms with Crippen molar-refractivity contribution in [2.24, 2.45) is 5.41 Å². The van der Waals surface area contributed by atoms with Gasteiger partial charge in [-0.05, 0) is 43.1 Å². The molecular formula is C25H31N2P. The average molecular weight is 391 g/mol. The van der Waals surface area contributed by atoms with E-state index in [1.165, 1.54) is 10.6 Å². The van der Waals surface area contributed by atoms with Crippen LogP contribution in [0.25, 0.3) is 0 Å². The first-order valence-corrected chi connectivity index (χ1v) is 11.4. The molecule has 0 aliphatic rings. The quantitative estimate of drug-likeness (QED) is 0.524. The maximum absolute atomic E-state index is 4.51.